The van der Waals surface area contributed by atoms with Crippen LogP contribution in [0.3, 0.4) is 0 Å². The summed E-state index contributed by atoms with van der Waals surface area (Å²) in [4.78, 5) is 48.5. The predicted octanol–water partition coefficient (Wildman–Crippen LogP) is 7.66. The number of nitrogens with zero attached hydrogens (tertiary/aromatic N) is 1. The average Bonchev–Trinajstić information content (AvgIpc) is 3.12. The lowest BCUT2D eigenvalue weighted by atomic mass is 9.85. The topological polar surface area (TPSA) is 126 Å². The number of hydrogen-bond acceptors (Lipinski definition) is 8. The molecule has 12 heteroatoms. The molecule has 2 amide bonds. The molecule has 2 atom stereocenters. The first kappa shape index (κ1) is 36.6. The summed E-state index contributed by atoms with van der Waals surface area (Å²) in [5.41, 5.74) is 0.335. The Bertz CT molecular complexity index is 1840. The van der Waals surface area contributed by atoms with Gasteiger partial charge in [0.15, 0.2) is 5.82 Å². The molecule has 10 nitrogen and oxygen atoms in total. The van der Waals surface area contributed by atoms with Crippen LogP contribution < -0.4 is 15.5 Å². The molecule has 0 spiro atoms. The Morgan fingerprint density at radius 1 is 0.980 bits per heavy atom. The van der Waals surface area contributed by atoms with Gasteiger partial charge in [0.25, 0.3) is 0 Å². The van der Waals surface area contributed by atoms with Crippen molar-refractivity contribution in [1.29, 1.82) is 0 Å². The molecule has 0 saturated carbocycles. The van der Waals surface area contributed by atoms with Gasteiger partial charge in [-0.2, -0.15) is 0 Å². The Morgan fingerprint density at radius 3 is 2.29 bits per heavy atom. The summed E-state index contributed by atoms with van der Waals surface area (Å²) in [5.74, 6) is -7.69. The summed E-state index contributed by atoms with van der Waals surface area (Å²) in [7, 11) is 0. The van der Waals surface area contributed by atoms with Crippen LogP contribution in [-0.2, 0) is 44.6 Å². The second kappa shape index (κ2) is 15.9. The van der Waals surface area contributed by atoms with Gasteiger partial charge in [0.1, 0.15) is 30.4 Å². The van der Waals surface area contributed by atoms with Crippen LogP contribution >= 0.6 is 0 Å². The Hall–Kier alpha value is -5.65. The zero-order chi connectivity index (χ0) is 36.6. The third-order valence-electron chi connectivity index (χ3n) is 8.69. The van der Waals surface area contributed by atoms with Crippen LogP contribution in [0.2, 0.25) is 0 Å². The maximum atomic E-state index is 18.9. The largest absolute Gasteiger partial charge is 0.508 e. The molecule has 4 aromatic rings. The van der Waals surface area contributed by atoms with Gasteiger partial charge in [-0.25, -0.2) is 23.9 Å². The molecule has 5 rings (SSSR count). The standard InChI is InChI=1S/C39H41F2N3O7/c1-4-5-19-34(46)44-38(41,30-20-31(45)22-32(21-30)49-24-27-13-8-6-9-14-27)23-29-17-12-18-33(35(29)40)43-51-36(47)39(44,26(2)3)42-37(48)50-25-28-15-10-7-11-16-28/h6-18,20-22,26,43,45H,4-5,19,23-25H2,1-3H3,(H,42,48)/t38?,39-/m1/s1. The number of nitrogens with one attached hydrogen (secondary N) is 2. The molecule has 0 saturated heterocycles. The van der Waals surface area contributed by atoms with Crippen LogP contribution in [0.1, 0.15) is 62.3 Å². The first-order valence-electron chi connectivity index (χ1n) is 16.7. The fraction of sp³-hybridized carbons (Fsp3) is 0.308. The molecule has 4 aromatic carbocycles. The number of phenols is 1. The number of carbonyl (C=O) groups excluding carboxylic acids is 3. The van der Waals surface area contributed by atoms with Crippen LogP contribution in [0, 0.1) is 11.7 Å². The highest BCUT2D eigenvalue weighted by Crippen LogP contribution is 2.45. The van der Waals surface area contributed by atoms with Crippen LogP contribution in [0.5, 0.6) is 11.5 Å². The molecule has 0 aromatic heterocycles. The van der Waals surface area contributed by atoms with Gasteiger partial charge in [0.05, 0.1) is 0 Å². The van der Waals surface area contributed by atoms with Crippen LogP contribution in [0.15, 0.2) is 97.1 Å². The predicted molar refractivity (Wildman–Crippen MR) is 185 cm³/mol. The smallest absolute Gasteiger partial charge is 0.409 e. The maximum Gasteiger partial charge on any atom is 0.409 e. The SMILES string of the molecule is CCCCC(=O)N1C(F)(c2cc(O)cc(OCc3ccccc3)c2)Cc2cccc(c2F)NOC(=O)[C@@]1(NC(=O)OCc1ccccc1)C(C)C. The van der Waals surface area contributed by atoms with Crippen molar-refractivity contribution in [3.63, 3.8) is 0 Å². The Kier molecular flexibility index (Phi) is 11.4. The number of alkyl carbamates (subject to hydrolysis) is 1. The van der Waals surface area contributed by atoms with Gasteiger partial charge in [-0.1, -0.05) is 100.0 Å². The summed E-state index contributed by atoms with van der Waals surface area (Å²) in [6, 6.07) is 25.6. The highest BCUT2D eigenvalue weighted by Gasteiger charge is 2.61. The molecule has 1 unspecified atom stereocenters. The summed E-state index contributed by atoms with van der Waals surface area (Å²) in [6.45, 7) is 4.69. The number of amides is 2. The number of phenolic OH excluding ortho intramolecular Hbond substituents is 1. The van der Waals surface area contributed by atoms with Crippen molar-refractivity contribution in [3.8, 4) is 11.5 Å². The molecular weight excluding hydrogens is 660 g/mol. The number of alkyl halides is 1. The molecule has 0 radical (unpaired) electrons. The molecule has 0 aliphatic carbocycles. The van der Waals surface area contributed by atoms with Crippen molar-refractivity contribution in [2.75, 3.05) is 5.48 Å². The van der Waals surface area contributed by atoms with E-state index in [2.05, 4.69) is 10.8 Å². The van der Waals surface area contributed by atoms with E-state index >= 15 is 8.78 Å². The number of ether oxygens (including phenoxy) is 2. The van der Waals surface area contributed by atoms with Crippen LogP contribution in [0.4, 0.5) is 19.3 Å². The summed E-state index contributed by atoms with van der Waals surface area (Å²) < 4.78 is 46.2. The molecule has 3 N–H and O–H groups in total. The lowest BCUT2D eigenvalue weighted by Crippen LogP contribution is -2.74. The van der Waals surface area contributed by atoms with Crippen molar-refractivity contribution in [1.82, 2.24) is 10.2 Å². The van der Waals surface area contributed by atoms with Gasteiger partial charge < -0.3 is 19.4 Å². The van der Waals surface area contributed by atoms with Crippen LogP contribution in [-0.4, -0.2) is 33.6 Å². The van der Waals surface area contributed by atoms with Gasteiger partial charge in [0.2, 0.25) is 17.4 Å². The maximum absolute atomic E-state index is 18.9. The number of hydrogen-bond donors (Lipinski definition) is 3. The third kappa shape index (κ3) is 8.06. The highest BCUT2D eigenvalue weighted by atomic mass is 19.1. The normalized spacial score (nSPS) is 18.7. The van der Waals surface area contributed by atoms with Crippen LogP contribution in [0.25, 0.3) is 0 Å². The molecule has 1 aliphatic rings. The number of benzene rings is 4. The third-order valence-corrected chi connectivity index (χ3v) is 8.69. The number of carbonyl (C=O) groups is 3. The molecule has 1 heterocycles. The zero-order valence-corrected chi connectivity index (χ0v) is 28.7. The monoisotopic (exact) mass is 701 g/mol. The van der Waals surface area contributed by atoms with Gasteiger partial charge in [-0.15, -0.1) is 0 Å². The van der Waals surface area contributed by atoms with Gasteiger partial charge in [0, 0.05) is 30.4 Å². The number of aromatic hydroxyl groups is 1. The van der Waals surface area contributed by atoms with Crippen molar-refractivity contribution in [2.45, 2.75) is 71.1 Å². The molecule has 268 valence electrons. The van der Waals surface area contributed by atoms with E-state index in [4.69, 9.17) is 14.3 Å². The van der Waals surface area contributed by atoms with E-state index in [9.17, 15) is 19.5 Å². The van der Waals surface area contributed by atoms with Crippen molar-refractivity contribution >= 4 is 23.7 Å². The quantitative estimate of drug-likeness (QED) is 0.136. The van der Waals surface area contributed by atoms with Crippen molar-refractivity contribution in [2.24, 2.45) is 5.92 Å². The first-order valence-corrected chi connectivity index (χ1v) is 16.7. The van der Waals surface area contributed by atoms with E-state index in [-0.39, 0.29) is 42.2 Å². The number of unbranched alkanes of at least 4 members (excludes halogenated alkanes) is 1. The van der Waals surface area contributed by atoms with E-state index in [1.54, 1.807) is 30.3 Å². The van der Waals surface area contributed by atoms with E-state index in [0.717, 1.165) is 11.6 Å². The highest BCUT2D eigenvalue weighted by molar-refractivity contribution is 5.92. The van der Waals surface area contributed by atoms with E-state index < -0.39 is 53.3 Å². The minimum Gasteiger partial charge on any atom is -0.508 e. The Morgan fingerprint density at radius 2 is 1.65 bits per heavy atom. The zero-order valence-electron chi connectivity index (χ0n) is 28.7. The number of rotatable bonds is 11. The Labute approximate surface area is 295 Å². The fourth-order valence-electron chi connectivity index (χ4n) is 6.03. The lowest BCUT2D eigenvalue weighted by molar-refractivity contribution is -0.194. The number of anilines is 1. The summed E-state index contributed by atoms with van der Waals surface area (Å²) >= 11 is 0. The van der Waals surface area contributed by atoms with Crippen molar-refractivity contribution < 1.29 is 42.6 Å². The average molecular weight is 702 g/mol. The molecule has 2 bridgehead atoms. The minimum atomic E-state index is -3.11. The molecule has 51 heavy (non-hydrogen) atoms. The summed E-state index contributed by atoms with van der Waals surface area (Å²) in [5, 5.41) is 13.4. The summed E-state index contributed by atoms with van der Waals surface area (Å²) in [6.07, 6.45) is -1.41. The van der Waals surface area contributed by atoms with E-state index in [1.807, 2.05) is 37.3 Å². The van der Waals surface area contributed by atoms with Gasteiger partial charge >= 0.3 is 12.1 Å². The minimum absolute atomic E-state index is 0.0350. The second-order valence-electron chi connectivity index (χ2n) is 12.6. The van der Waals surface area contributed by atoms with E-state index in [0.29, 0.717) is 23.3 Å². The van der Waals surface area contributed by atoms with Crippen molar-refractivity contribution in [3.05, 3.63) is 125 Å². The number of fused-ring (bicyclic) bond motifs is 2. The molecular formula is C39H41F2N3O7. The van der Waals surface area contributed by atoms with Gasteiger partial charge in [-0.3, -0.25) is 15.0 Å². The van der Waals surface area contributed by atoms with Gasteiger partial charge in [-0.05, 0) is 41.3 Å². The molecule has 0 fully saturated rings. The fourth-order valence-corrected chi connectivity index (χ4v) is 6.03. The Balaban J connectivity index is 1.70. The van der Waals surface area contributed by atoms with E-state index in [1.165, 1.54) is 44.2 Å². The first-order chi connectivity index (χ1) is 24.5. The molecule has 1 aliphatic heterocycles. The number of halogens is 2. The lowest BCUT2D eigenvalue weighted by Gasteiger charge is -2.51. The second-order valence-corrected chi connectivity index (χ2v) is 12.6.